The minimum Gasteiger partial charge on any atom is -0.481 e. The Labute approximate surface area is 74.3 Å². The number of carboxylic acid groups (broad SMARTS) is 1. The molecule has 0 aromatic carbocycles. The molecular formula is C10H18O2. The fraction of sp³-hybridized carbons (Fsp3) is 0.700. The maximum Gasteiger partial charge on any atom is 0.303 e. The molecule has 0 saturated carbocycles. The Morgan fingerprint density at radius 1 is 1.50 bits per heavy atom. The second-order valence-electron chi connectivity index (χ2n) is 3.79. The molecule has 0 aromatic rings. The SMILES string of the molecule is C=CC(C)(C)CCCCC(=O)O. The van der Waals surface area contributed by atoms with E-state index in [0.717, 1.165) is 19.3 Å². The number of carbonyl (C=O) groups is 1. The summed E-state index contributed by atoms with van der Waals surface area (Å²) in [5, 5.41) is 8.38. The van der Waals surface area contributed by atoms with Crippen LogP contribution in [0.1, 0.15) is 39.5 Å². The van der Waals surface area contributed by atoms with Gasteiger partial charge in [0.2, 0.25) is 0 Å². The number of carboxylic acids is 1. The summed E-state index contributed by atoms with van der Waals surface area (Å²) >= 11 is 0. The second-order valence-corrected chi connectivity index (χ2v) is 3.79. The Bertz CT molecular complexity index is 159. The normalized spacial score (nSPS) is 11.2. The van der Waals surface area contributed by atoms with Crippen molar-refractivity contribution >= 4 is 5.97 Å². The van der Waals surface area contributed by atoms with E-state index >= 15 is 0 Å². The smallest absolute Gasteiger partial charge is 0.303 e. The highest BCUT2D eigenvalue weighted by Crippen LogP contribution is 2.24. The topological polar surface area (TPSA) is 37.3 Å². The van der Waals surface area contributed by atoms with Gasteiger partial charge >= 0.3 is 5.97 Å². The number of hydrogen-bond donors (Lipinski definition) is 1. The maximum absolute atomic E-state index is 10.2. The third-order valence-electron chi connectivity index (χ3n) is 2.01. The molecular weight excluding hydrogens is 152 g/mol. The Morgan fingerprint density at radius 3 is 2.50 bits per heavy atom. The summed E-state index contributed by atoms with van der Waals surface area (Å²) in [6.07, 6.45) is 4.96. The fourth-order valence-corrected chi connectivity index (χ4v) is 0.959. The second kappa shape index (κ2) is 4.96. The summed E-state index contributed by atoms with van der Waals surface area (Å²) in [6, 6.07) is 0. The third-order valence-corrected chi connectivity index (χ3v) is 2.01. The molecule has 2 nitrogen and oxygen atoms in total. The van der Waals surface area contributed by atoms with E-state index in [4.69, 9.17) is 5.11 Å². The fourth-order valence-electron chi connectivity index (χ4n) is 0.959. The lowest BCUT2D eigenvalue weighted by Crippen LogP contribution is -2.06. The molecule has 12 heavy (non-hydrogen) atoms. The van der Waals surface area contributed by atoms with Crippen LogP contribution in [0, 0.1) is 5.41 Å². The van der Waals surface area contributed by atoms with E-state index in [-0.39, 0.29) is 11.8 Å². The molecule has 0 amide bonds. The van der Waals surface area contributed by atoms with Gasteiger partial charge in [0, 0.05) is 6.42 Å². The van der Waals surface area contributed by atoms with Crippen molar-refractivity contribution in [1.29, 1.82) is 0 Å². The largest absolute Gasteiger partial charge is 0.481 e. The number of hydrogen-bond acceptors (Lipinski definition) is 1. The minimum atomic E-state index is -0.702. The van der Waals surface area contributed by atoms with E-state index in [0.29, 0.717) is 0 Å². The minimum absolute atomic E-state index is 0.151. The van der Waals surface area contributed by atoms with Gasteiger partial charge in [-0.1, -0.05) is 26.3 Å². The van der Waals surface area contributed by atoms with Gasteiger partial charge in [-0.25, -0.2) is 0 Å². The van der Waals surface area contributed by atoms with E-state index in [1.54, 1.807) is 0 Å². The third kappa shape index (κ3) is 5.96. The lowest BCUT2D eigenvalue weighted by atomic mass is 9.87. The lowest BCUT2D eigenvalue weighted by molar-refractivity contribution is -0.137. The monoisotopic (exact) mass is 170 g/mol. The van der Waals surface area contributed by atoms with Crippen molar-refractivity contribution in [3.63, 3.8) is 0 Å². The van der Waals surface area contributed by atoms with E-state index in [9.17, 15) is 4.79 Å². The number of aliphatic carboxylic acids is 1. The van der Waals surface area contributed by atoms with Crippen LogP contribution in [-0.2, 0) is 4.79 Å². The summed E-state index contributed by atoms with van der Waals surface area (Å²) in [5.41, 5.74) is 0.151. The van der Waals surface area contributed by atoms with Crippen molar-refractivity contribution in [2.75, 3.05) is 0 Å². The molecule has 0 atom stereocenters. The molecule has 2 heteroatoms. The Balaban J connectivity index is 3.43. The van der Waals surface area contributed by atoms with Crippen LogP contribution in [0.2, 0.25) is 0 Å². The highest BCUT2D eigenvalue weighted by Gasteiger charge is 2.11. The molecule has 0 spiro atoms. The predicted molar refractivity (Wildman–Crippen MR) is 50.1 cm³/mol. The quantitative estimate of drug-likeness (QED) is 0.491. The van der Waals surface area contributed by atoms with Crippen LogP contribution in [0.15, 0.2) is 12.7 Å². The van der Waals surface area contributed by atoms with Gasteiger partial charge in [0.05, 0.1) is 0 Å². The van der Waals surface area contributed by atoms with Gasteiger partial charge in [-0.3, -0.25) is 4.79 Å². The Hall–Kier alpha value is -0.790. The summed E-state index contributed by atoms with van der Waals surface area (Å²) in [5.74, 6) is -0.702. The molecule has 1 N–H and O–H groups in total. The van der Waals surface area contributed by atoms with E-state index in [2.05, 4.69) is 20.4 Å². The van der Waals surface area contributed by atoms with Crippen molar-refractivity contribution in [3.8, 4) is 0 Å². The number of allylic oxidation sites excluding steroid dienone is 1. The first-order valence-electron chi connectivity index (χ1n) is 4.33. The van der Waals surface area contributed by atoms with Gasteiger partial charge in [0.25, 0.3) is 0 Å². The van der Waals surface area contributed by atoms with Crippen LogP contribution in [0.25, 0.3) is 0 Å². The molecule has 0 heterocycles. The van der Waals surface area contributed by atoms with Gasteiger partial charge in [-0.15, -0.1) is 6.58 Å². The van der Waals surface area contributed by atoms with E-state index in [1.807, 2.05) is 6.08 Å². The molecule has 0 aliphatic rings. The first-order chi connectivity index (χ1) is 5.48. The predicted octanol–water partition coefficient (Wildman–Crippen LogP) is 2.84. The van der Waals surface area contributed by atoms with Gasteiger partial charge in [-0.05, 0) is 18.3 Å². The molecule has 0 saturated heterocycles. The van der Waals surface area contributed by atoms with Gasteiger partial charge < -0.3 is 5.11 Å². The molecule has 0 bridgehead atoms. The molecule has 0 unspecified atom stereocenters. The standard InChI is InChI=1S/C10H18O2/c1-4-10(2,3)8-6-5-7-9(11)12/h4H,1,5-8H2,2-3H3,(H,11,12). The highest BCUT2D eigenvalue weighted by atomic mass is 16.4. The van der Waals surface area contributed by atoms with Crippen LogP contribution in [0.3, 0.4) is 0 Å². The van der Waals surface area contributed by atoms with Crippen molar-refractivity contribution in [2.24, 2.45) is 5.41 Å². The first-order valence-corrected chi connectivity index (χ1v) is 4.33. The molecule has 0 aliphatic carbocycles. The summed E-state index contributed by atoms with van der Waals surface area (Å²) in [6.45, 7) is 7.95. The van der Waals surface area contributed by atoms with Gasteiger partial charge in [0.1, 0.15) is 0 Å². The summed E-state index contributed by atoms with van der Waals surface area (Å²) < 4.78 is 0. The van der Waals surface area contributed by atoms with Crippen LogP contribution in [0.4, 0.5) is 0 Å². The molecule has 0 rings (SSSR count). The van der Waals surface area contributed by atoms with E-state index in [1.165, 1.54) is 0 Å². The summed E-state index contributed by atoms with van der Waals surface area (Å²) in [4.78, 5) is 10.2. The van der Waals surface area contributed by atoms with Crippen LogP contribution < -0.4 is 0 Å². The zero-order valence-electron chi connectivity index (χ0n) is 7.97. The average molecular weight is 170 g/mol. The highest BCUT2D eigenvalue weighted by molar-refractivity contribution is 5.66. The van der Waals surface area contributed by atoms with Crippen LogP contribution in [0.5, 0.6) is 0 Å². The lowest BCUT2D eigenvalue weighted by Gasteiger charge is -2.18. The zero-order valence-corrected chi connectivity index (χ0v) is 7.97. The van der Waals surface area contributed by atoms with E-state index < -0.39 is 5.97 Å². The van der Waals surface area contributed by atoms with Crippen LogP contribution in [-0.4, -0.2) is 11.1 Å². The molecule has 0 aromatic heterocycles. The average Bonchev–Trinajstić information content (AvgIpc) is 1.98. The summed E-state index contributed by atoms with van der Waals surface area (Å²) in [7, 11) is 0. The number of rotatable bonds is 6. The molecule has 0 aliphatic heterocycles. The Kier molecular flexibility index (Phi) is 4.64. The molecule has 70 valence electrons. The molecule has 0 radical (unpaired) electrons. The zero-order chi connectivity index (χ0) is 9.61. The van der Waals surface area contributed by atoms with Crippen molar-refractivity contribution < 1.29 is 9.90 Å². The van der Waals surface area contributed by atoms with Gasteiger partial charge in [-0.2, -0.15) is 0 Å². The van der Waals surface area contributed by atoms with Crippen molar-refractivity contribution in [3.05, 3.63) is 12.7 Å². The first kappa shape index (κ1) is 11.2. The Morgan fingerprint density at radius 2 is 2.08 bits per heavy atom. The molecule has 0 fully saturated rings. The number of unbranched alkanes of at least 4 members (excludes halogenated alkanes) is 1. The maximum atomic E-state index is 10.2. The van der Waals surface area contributed by atoms with Gasteiger partial charge in [0.15, 0.2) is 0 Å². The van der Waals surface area contributed by atoms with Crippen LogP contribution >= 0.6 is 0 Å². The van der Waals surface area contributed by atoms with Crippen molar-refractivity contribution in [1.82, 2.24) is 0 Å². The van der Waals surface area contributed by atoms with Crippen molar-refractivity contribution in [2.45, 2.75) is 39.5 Å².